The molecule has 27 heteroatoms. The molecule has 0 radical (unpaired) electrons. The maximum absolute atomic E-state index is 13.7. The normalized spacial score (nSPS) is 16.2. The van der Waals surface area contributed by atoms with Crippen molar-refractivity contribution in [2.75, 3.05) is 0 Å². The minimum Gasteiger partial charge on any atom is -0.393 e. The Morgan fingerprint density at radius 1 is 0.432 bits per heavy atom. The number of ether oxygens (including phenoxy) is 1. The average molecular weight is 718 g/mol. The number of halogens is 25. The minimum atomic E-state index is -9.67. The summed E-state index contributed by atoms with van der Waals surface area (Å²) in [6.45, 7) is 3.19. The molecule has 0 aromatic carbocycles. The van der Waals surface area contributed by atoms with Crippen LogP contribution in [0.2, 0.25) is 0 Å². The van der Waals surface area contributed by atoms with Crippen molar-refractivity contribution in [3.05, 3.63) is 12.2 Å². The molecule has 0 saturated heterocycles. The molecule has 0 atom stereocenters. The van der Waals surface area contributed by atoms with Crippen LogP contribution in [0.15, 0.2) is 12.2 Å². The first-order chi connectivity index (χ1) is 18.6. The van der Waals surface area contributed by atoms with E-state index < -0.39 is 89.5 Å². The van der Waals surface area contributed by atoms with Gasteiger partial charge in [-0.3, -0.25) is 0 Å². The van der Waals surface area contributed by atoms with Crippen molar-refractivity contribution in [3.8, 4) is 0 Å². The van der Waals surface area contributed by atoms with E-state index in [1.165, 1.54) is 0 Å². The summed E-state index contributed by atoms with van der Waals surface area (Å²) in [6, 6.07) is 0. The van der Waals surface area contributed by atoms with E-state index in [4.69, 9.17) is 0 Å². The molecule has 44 heavy (non-hydrogen) atoms. The number of carbonyl (C=O) groups is 1. The summed E-state index contributed by atoms with van der Waals surface area (Å²) in [5.74, 6) is -95.6. The molecule has 0 unspecified atom stereocenters. The molecule has 0 saturated carbocycles. The first kappa shape index (κ1) is 41.5. The van der Waals surface area contributed by atoms with E-state index in [0.29, 0.717) is 0 Å². The Morgan fingerprint density at radius 3 is 0.841 bits per heavy atom. The highest BCUT2D eigenvalue weighted by molar-refractivity contribution is 5.87. The second-order valence-corrected chi connectivity index (χ2v) is 8.11. The minimum absolute atomic E-state index is 0.741. The lowest BCUT2D eigenvalue weighted by Gasteiger charge is -2.45. The van der Waals surface area contributed by atoms with Gasteiger partial charge < -0.3 is 4.74 Å². The molecular formula is C17H7F25O2. The van der Waals surface area contributed by atoms with E-state index in [1.807, 2.05) is 0 Å². The summed E-state index contributed by atoms with van der Waals surface area (Å²) in [7, 11) is 0. The Balaban J connectivity index is 7.30. The Morgan fingerprint density at radius 2 is 0.636 bits per heavy atom. The highest BCUT2D eigenvalue weighted by Gasteiger charge is 2.99. The monoisotopic (exact) mass is 718 g/mol. The number of rotatable bonds is 13. The summed E-state index contributed by atoms with van der Waals surface area (Å²) >= 11 is 0. The molecule has 0 heterocycles. The van der Waals surface area contributed by atoms with Gasteiger partial charge in [0.15, 0.2) is 0 Å². The van der Waals surface area contributed by atoms with Crippen LogP contribution < -0.4 is 0 Å². The highest BCUT2D eigenvalue weighted by Crippen LogP contribution is 2.67. The Kier molecular flexibility index (Phi) is 9.89. The first-order valence-corrected chi connectivity index (χ1v) is 9.75. The van der Waals surface area contributed by atoms with Gasteiger partial charge in [-0.15, -0.1) is 0 Å². The van der Waals surface area contributed by atoms with Crippen LogP contribution in [-0.2, 0) is 9.53 Å². The zero-order chi connectivity index (χ0) is 36.6. The van der Waals surface area contributed by atoms with Gasteiger partial charge >= 0.3 is 77.5 Å². The second-order valence-electron chi connectivity index (χ2n) is 8.11. The summed E-state index contributed by atoms with van der Waals surface area (Å²) in [6.07, 6.45) is -16.7. The first-order valence-electron chi connectivity index (χ1n) is 9.75. The van der Waals surface area contributed by atoms with Gasteiger partial charge in [-0.05, 0) is 6.42 Å². The molecule has 0 bridgehead atoms. The van der Waals surface area contributed by atoms with Crippen molar-refractivity contribution in [3.63, 3.8) is 0 Å². The molecule has 0 amide bonds. The molecule has 0 spiro atoms. The summed E-state index contributed by atoms with van der Waals surface area (Å²) in [4.78, 5) is 11.0. The standard InChI is InChI=1S/C17H7F25O2/c1-3-4(2)5(43)44-17(41,42)15(36,37)13(32,33)11(28,29)9(24,25)7(20,21)6(18,19)8(22,23)10(26,27)12(30,31)14(34,35)16(38,39)40/h2-3H2,1H3. The van der Waals surface area contributed by atoms with E-state index in [1.54, 1.807) is 0 Å². The predicted molar refractivity (Wildman–Crippen MR) is 86.0 cm³/mol. The van der Waals surface area contributed by atoms with Crippen LogP contribution in [0.25, 0.3) is 0 Å². The van der Waals surface area contributed by atoms with Crippen molar-refractivity contribution in [2.24, 2.45) is 0 Å². The van der Waals surface area contributed by atoms with Crippen LogP contribution in [-0.4, -0.2) is 77.5 Å². The second kappa shape index (κ2) is 10.5. The Bertz CT molecular complexity index is 1100. The molecule has 0 aromatic heterocycles. The molecule has 0 aliphatic rings. The van der Waals surface area contributed by atoms with Crippen LogP contribution in [0.4, 0.5) is 110 Å². The largest absolute Gasteiger partial charge is 0.473 e. The van der Waals surface area contributed by atoms with Crippen LogP contribution in [0.1, 0.15) is 13.3 Å². The van der Waals surface area contributed by atoms with Gasteiger partial charge in [-0.2, -0.15) is 110 Å². The quantitative estimate of drug-likeness (QED) is 0.108. The van der Waals surface area contributed by atoms with Gasteiger partial charge in [0.1, 0.15) is 0 Å². The third kappa shape index (κ3) is 5.05. The molecular weight excluding hydrogens is 711 g/mol. The van der Waals surface area contributed by atoms with Crippen LogP contribution in [0.5, 0.6) is 0 Å². The molecule has 262 valence electrons. The smallest absolute Gasteiger partial charge is 0.393 e. The van der Waals surface area contributed by atoms with Crippen molar-refractivity contribution in [1.82, 2.24) is 0 Å². The highest BCUT2D eigenvalue weighted by atomic mass is 19.4. The topological polar surface area (TPSA) is 26.3 Å². The van der Waals surface area contributed by atoms with E-state index in [-0.39, 0.29) is 0 Å². The summed E-state index contributed by atoms with van der Waals surface area (Å²) in [5, 5.41) is 0. The maximum Gasteiger partial charge on any atom is 0.473 e. The third-order valence-electron chi connectivity index (χ3n) is 5.21. The lowest BCUT2D eigenvalue weighted by molar-refractivity contribution is -0.487. The van der Waals surface area contributed by atoms with E-state index in [0.717, 1.165) is 6.92 Å². The maximum atomic E-state index is 13.7. The molecule has 0 N–H and O–H groups in total. The molecule has 0 aliphatic carbocycles. The number of esters is 1. The van der Waals surface area contributed by atoms with Crippen LogP contribution >= 0.6 is 0 Å². The zero-order valence-electron chi connectivity index (χ0n) is 19.7. The van der Waals surface area contributed by atoms with Gasteiger partial charge in [-0.1, -0.05) is 13.5 Å². The summed E-state index contributed by atoms with van der Waals surface area (Å²) < 4.78 is 335. The molecule has 0 rings (SSSR count). The zero-order valence-corrected chi connectivity index (χ0v) is 19.7. The van der Waals surface area contributed by atoms with Gasteiger partial charge in [0.2, 0.25) is 0 Å². The van der Waals surface area contributed by atoms with Crippen molar-refractivity contribution >= 4 is 5.97 Å². The molecule has 0 aliphatic heterocycles. The number of carbonyl (C=O) groups excluding carboxylic acids is 1. The van der Waals surface area contributed by atoms with E-state index in [9.17, 15) is 115 Å². The lowest BCUT2D eigenvalue weighted by Crippen LogP contribution is -2.78. The Hall–Kier alpha value is -2.54. The number of alkyl halides is 25. The Labute approximate surface area is 223 Å². The SMILES string of the molecule is C=C(CC)C(=O)OC(F)(F)C(F)(F)C(F)(F)C(F)(F)C(F)(F)C(F)(F)C(F)(F)C(F)(F)C(F)(F)C(F)(F)C(F)(F)C(F)(F)F. The third-order valence-corrected chi connectivity index (χ3v) is 5.21. The lowest BCUT2D eigenvalue weighted by atomic mass is 9.85. The summed E-state index contributed by atoms with van der Waals surface area (Å²) in [5.41, 5.74) is -1.43. The predicted octanol–water partition coefficient (Wildman–Crippen LogP) is 9.00. The fourth-order valence-corrected chi connectivity index (χ4v) is 2.34. The molecule has 0 fully saturated rings. The number of hydrogen-bond acceptors (Lipinski definition) is 2. The number of hydrogen-bond donors (Lipinski definition) is 0. The van der Waals surface area contributed by atoms with Crippen molar-refractivity contribution in [1.29, 1.82) is 0 Å². The fourth-order valence-electron chi connectivity index (χ4n) is 2.34. The fraction of sp³-hybridized carbons (Fsp3) is 0.824. The van der Waals surface area contributed by atoms with Crippen molar-refractivity contribution in [2.45, 2.75) is 84.9 Å². The van der Waals surface area contributed by atoms with E-state index in [2.05, 4.69) is 11.3 Å². The van der Waals surface area contributed by atoms with Crippen LogP contribution in [0, 0.1) is 0 Å². The van der Waals surface area contributed by atoms with Gasteiger partial charge in [0.25, 0.3) is 0 Å². The van der Waals surface area contributed by atoms with E-state index >= 15 is 0 Å². The molecule has 2 nitrogen and oxygen atoms in total. The van der Waals surface area contributed by atoms with Gasteiger partial charge in [0.05, 0.1) is 0 Å². The van der Waals surface area contributed by atoms with Crippen molar-refractivity contribution < 1.29 is 119 Å². The van der Waals surface area contributed by atoms with Gasteiger partial charge in [0, 0.05) is 5.57 Å². The van der Waals surface area contributed by atoms with Crippen LogP contribution in [0.3, 0.4) is 0 Å². The van der Waals surface area contributed by atoms with Gasteiger partial charge in [-0.25, -0.2) is 4.79 Å². The average Bonchev–Trinajstić information content (AvgIpc) is 2.80. The molecule has 0 aromatic rings.